The summed E-state index contributed by atoms with van der Waals surface area (Å²) in [5.74, 6) is 0.207. The van der Waals surface area contributed by atoms with Crippen LogP contribution in [0.2, 0.25) is 0 Å². The molecule has 0 fully saturated rings. The van der Waals surface area contributed by atoms with Crippen molar-refractivity contribution in [3.63, 3.8) is 0 Å². The van der Waals surface area contributed by atoms with Gasteiger partial charge in [0.05, 0.1) is 5.60 Å². The third-order valence-corrected chi connectivity index (χ3v) is 5.02. The average Bonchev–Trinajstić information content (AvgIpc) is 2.38. The molecule has 0 aromatic carbocycles. The molecule has 0 spiro atoms. The lowest BCUT2D eigenvalue weighted by Gasteiger charge is -2.37. The Hall–Kier alpha value is 0.110. The van der Waals surface area contributed by atoms with E-state index in [1.807, 2.05) is 6.92 Å². The standard InChI is InChI=1S/C16H35O4P/c1-5-8-10-12-14-16(4,20-21(17,18)19)15(7-3)13-11-9-6-2/h15H,5-14H2,1-4H3,(H2,17,18,19). The number of rotatable bonds is 13. The summed E-state index contributed by atoms with van der Waals surface area (Å²) in [6.07, 6.45) is 10.4. The van der Waals surface area contributed by atoms with Crippen LogP contribution in [-0.2, 0) is 9.09 Å². The zero-order chi connectivity index (χ0) is 16.4. The Morgan fingerprint density at radius 2 is 1.57 bits per heavy atom. The van der Waals surface area contributed by atoms with E-state index in [0.717, 1.165) is 51.4 Å². The van der Waals surface area contributed by atoms with Crippen molar-refractivity contribution in [1.29, 1.82) is 0 Å². The lowest BCUT2D eigenvalue weighted by Crippen LogP contribution is -2.37. The second-order valence-electron chi connectivity index (χ2n) is 6.31. The van der Waals surface area contributed by atoms with Gasteiger partial charge in [-0.25, -0.2) is 4.57 Å². The smallest absolute Gasteiger partial charge is 0.303 e. The minimum absolute atomic E-state index is 0.207. The number of unbranched alkanes of at least 4 members (excludes halogenated alkanes) is 5. The van der Waals surface area contributed by atoms with Gasteiger partial charge < -0.3 is 9.79 Å². The fraction of sp³-hybridized carbons (Fsp3) is 1.00. The molecule has 0 saturated carbocycles. The molecule has 0 aromatic heterocycles. The molecule has 0 amide bonds. The Balaban J connectivity index is 4.76. The van der Waals surface area contributed by atoms with Gasteiger partial charge in [-0.05, 0) is 25.7 Å². The summed E-state index contributed by atoms with van der Waals surface area (Å²) in [6, 6.07) is 0. The SMILES string of the molecule is CCCCCCC(C)(OP(=O)(O)O)C(CC)CCCCC. The highest BCUT2D eigenvalue weighted by molar-refractivity contribution is 7.46. The quantitative estimate of drug-likeness (QED) is 0.350. The molecule has 0 saturated heterocycles. The fourth-order valence-electron chi connectivity index (χ4n) is 3.08. The van der Waals surface area contributed by atoms with Gasteiger partial charge in [0.2, 0.25) is 0 Å². The van der Waals surface area contributed by atoms with Gasteiger partial charge >= 0.3 is 7.82 Å². The molecular formula is C16H35O4P. The molecule has 2 atom stereocenters. The molecule has 128 valence electrons. The summed E-state index contributed by atoms with van der Waals surface area (Å²) in [5, 5.41) is 0. The molecule has 0 aliphatic rings. The molecule has 5 heteroatoms. The van der Waals surface area contributed by atoms with Gasteiger partial charge in [0.1, 0.15) is 0 Å². The number of hydrogen-bond acceptors (Lipinski definition) is 2. The summed E-state index contributed by atoms with van der Waals surface area (Å²) in [4.78, 5) is 18.5. The molecule has 0 aromatic rings. The van der Waals surface area contributed by atoms with E-state index in [0.29, 0.717) is 0 Å². The predicted molar refractivity (Wildman–Crippen MR) is 88.2 cm³/mol. The van der Waals surface area contributed by atoms with E-state index in [-0.39, 0.29) is 5.92 Å². The van der Waals surface area contributed by atoms with E-state index < -0.39 is 13.4 Å². The molecule has 0 radical (unpaired) electrons. The number of phosphoric acid groups is 1. The molecule has 0 heterocycles. The van der Waals surface area contributed by atoms with E-state index >= 15 is 0 Å². The Kier molecular flexibility index (Phi) is 10.8. The highest BCUT2D eigenvalue weighted by Crippen LogP contribution is 2.47. The topological polar surface area (TPSA) is 66.8 Å². The van der Waals surface area contributed by atoms with Crippen LogP contribution in [0.15, 0.2) is 0 Å². The van der Waals surface area contributed by atoms with Crippen LogP contribution in [0, 0.1) is 5.92 Å². The Bertz CT molecular complexity index is 303. The van der Waals surface area contributed by atoms with Gasteiger partial charge in [-0.2, -0.15) is 0 Å². The van der Waals surface area contributed by atoms with Crippen LogP contribution in [0.3, 0.4) is 0 Å². The van der Waals surface area contributed by atoms with Gasteiger partial charge in [0.25, 0.3) is 0 Å². The van der Waals surface area contributed by atoms with Crippen LogP contribution in [0.25, 0.3) is 0 Å². The second-order valence-corrected chi connectivity index (χ2v) is 7.47. The summed E-state index contributed by atoms with van der Waals surface area (Å²) < 4.78 is 16.6. The van der Waals surface area contributed by atoms with E-state index in [1.54, 1.807) is 0 Å². The number of phosphoric ester groups is 1. The average molecular weight is 322 g/mol. The Morgan fingerprint density at radius 1 is 1.00 bits per heavy atom. The molecule has 0 aliphatic carbocycles. The van der Waals surface area contributed by atoms with Crippen molar-refractivity contribution < 1.29 is 18.9 Å². The van der Waals surface area contributed by atoms with Crippen molar-refractivity contribution in [1.82, 2.24) is 0 Å². The first-order valence-corrected chi connectivity index (χ1v) is 10.1. The summed E-state index contributed by atoms with van der Waals surface area (Å²) in [5.41, 5.74) is -0.713. The van der Waals surface area contributed by atoms with Gasteiger partial charge in [-0.3, -0.25) is 4.52 Å². The molecule has 2 N–H and O–H groups in total. The van der Waals surface area contributed by atoms with Gasteiger partial charge in [0, 0.05) is 0 Å². The monoisotopic (exact) mass is 322 g/mol. The van der Waals surface area contributed by atoms with Crippen molar-refractivity contribution in [2.45, 2.75) is 97.5 Å². The first-order chi connectivity index (χ1) is 9.79. The van der Waals surface area contributed by atoms with Crippen molar-refractivity contribution >= 4 is 7.82 Å². The zero-order valence-corrected chi connectivity index (χ0v) is 15.2. The Labute approximate surface area is 130 Å². The second kappa shape index (κ2) is 10.8. The highest BCUT2D eigenvalue weighted by atomic mass is 31.2. The number of hydrogen-bond donors (Lipinski definition) is 2. The van der Waals surface area contributed by atoms with Crippen molar-refractivity contribution in [2.24, 2.45) is 5.92 Å². The molecule has 0 bridgehead atoms. The maximum Gasteiger partial charge on any atom is 0.470 e. The predicted octanol–water partition coefficient (Wildman–Crippen LogP) is 5.43. The summed E-state index contributed by atoms with van der Waals surface area (Å²) >= 11 is 0. The Morgan fingerprint density at radius 3 is 2.05 bits per heavy atom. The van der Waals surface area contributed by atoms with Gasteiger partial charge in [-0.15, -0.1) is 0 Å². The van der Waals surface area contributed by atoms with Crippen LogP contribution in [0.4, 0.5) is 0 Å². The van der Waals surface area contributed by atoms with Crippen molar-refractivity contribution in [2.75, 3.05) is 0 Å². The van der Waals surface area contributed by atoms with E-state index in [2.05, 4.69) is 20.8 Å². The molecule has 0 aliphatic heterocycles. The molecule has 2 unspecified atom stereocenters. The fourth-order valence-corrected chi connectivity index (χ4v) is 3.86. The third kappa shape index (κ3) is 9.67. The molecule has 21 heavy (non-hydrogen) atoms. The van der Waals surface area contributed by atoms with E-state index in [9.17, 15) is 14.4 Å². The summed E-state index contributed by atoms with van der Waals surface area (Å²) in [7, 11) is -4.45. The van der Waals surface area contributed by atoms with Crippen molar-refractivity contribution in [3.8, 4) is 0 Å². The van der Waals surface area contributed by atoms with E-state index in [1.165, 1.54) is 12.8 Å². The highest BCUT2D eigenvalue weighted by Gasteiger charge is 2.39. The van der Waals surface area contributed by atoms with Gasteiger partial charge in [0.15, 0.2) is 0 Å². The van der Waals surface area contributed by atoms with Crippen molar-refractivity contribution in [3.05, 3.63) is 0 Å². The zero-order valence-electron chi connectivity index (χ0n) is 14.3. The largest absolute Gasteiger partial charge is 0.470 e. The molecule has 0 rings (SSSR count). The van der Waals surface area contributed by atoms with Crippen LogP contribution in [-0.4, -0.2) is 15.4 Å². The van der Waals surface area contributed by atoms with Crippen LogP contribution >= 0.6 is 7.82 Å². The van der Waals surface area contributed by atoms with Gasteiger partial charge in [-0.1, -0.05) is 72.1 Å². The minimum Gasteiger partial charge on any atom is -0.303 e. The van der Waals surface area contributed by atoms with E-state index in [4.69, 9.17) is 4.52 Å². The maximum atomic E-state index is 11.4. The normalized spacial score (nSPS) is 16.7. The summed E-state index contributed by atoms with van der Waals surface area (Å²) in [6.45, 7) is 8.30. The lowest BCUT2D eigenvalue weighted by molar-refractivity contribution is -0.0157. The van der Waals surface area contributed by atoms with Crippen LogP contribution in [0.1, 0.15) is 91.9 Å². The first kappa shape index (κ1) is 21.1. The van der Waals surface area contributed by atoms with Crippen LogP contribution < -0.4 is 0 Å². The maximum absolute atomic E-state index is 11.4. The lowest BCUT2D eigenvalue weighted by atomic mass is 9.79. The minimum atomic E-state index is -4.45. The third-order valence-electron chi connectivity index (χ3n) is 4.37. The molecular weight excluding hydrogens is 287 g/mol. The van der Waals surface area contributed by atoms with Crippen LogP contribution in [0.5, 0.6) is 0 Å². The first-order valence-electron chi connectivity index (χ1n) is 8.55. The molecule has 4 nitrogen and oxygen atoms in total.